The van der Waals surface area contributed by atoms with Gasteiger partial charge in [0.05, 0.1) is 0 Å². The third-order valence-electron chi connectivity index (χ3n) is 6.43. The lowest BCUT2D eigenvalue weighted by Gasteiger charge is -2.60. The van der Waals surface area contributed by atoms with E-state index in [4.69, 9.17) is 19.2 Å². The second-order valence-electron chi connectivity index (χ2n) is 7.73. The maximum Gasteiger partial charge on any atom is 0.201 e. The molecular weight excluding hydrogens is 300 g/mol. The van der Waals surface area contributed by atoms with Crippen LogP contribution in [0, 0.1) is 23.7 Å². The van der Waals surface area contributed by atoms with Crippen LogP contribution in [0.5, 0.6) is 0 Å². The molecule has 126 valence electrons. The van der Waals surface area contributed by atoms with Crippen molar-refractivity contribution >= 4 is 11.8 Å². The molecule has 22 heavy (non-hydrogen) atoms. The summed E-state index contributed by atoms with van der Waals surface area (Å²) in [7, 11) is 0. The largest absolute Gasteiger partial charge is 0.335 e. The Hall–Kier alpha value is 0.190. The molecule has 4 nitrogen and oxygen atoms in total. The van der Waals surface area contributed by atoms with Gasteiger partial charge in [0.15, 0.2) is 11.9 Å². The topological polar surface area (TPSA) is 36.9 Å². The average Bonchev–Trinajstić information content (AvgIpc) is 2.71. The zero-order chi connectivity index (χ0) is 15.5. The number of fused-ring (bicyclic) bond motifs is 2. The highest BCUT2D eigenvalue weighted by molar-refractivity contribution is 7.99. The molecule has 0 aromatic carbocycles. The van der Waals surface area contributed by atoms with Crippen molar-refractivity contribution in [3.05, 3.63) is 0 Å². The van der Waals surface area contributed by atoms with E-state index in [1.54, 1.807) is 0 Å². The van der Waals surface area contributed by atoms with Gasteiger partial charge in [-0.25, -0.2) is 9.78 Å². The maximum absolute atomic E-state index is 6.43. The molecule has 1 spiro atoms. The normalized spacial score (nSPS) is 57.3. The van der Waals surface area contributed by atoms with E-state index in [1.165, 1.54) is 12.8 Å². The fourth-order valence-electron chi connectivity index (χ4n) is 5.23. The highest BCUT2D eigenvalue weighted by atomic mass is 32.2. The van der Waals surface area contributed by atoms with Crippen LogP contribution in [0.4, 0.5) is 0 Å². The number of ether oxygens (including phenoxy) is 2. The first-order valence-electron chi connectivity index (χ1n) is 8.82. The summed E-state index contributed by atoms with van der Waals surface area (Å²) < 4.78 is 12.8. The summed E-state index contributed by atoms with van der Waals surface area (Å²) >= 11 is 1.89. The zero-order valence-electron chi connectivity index (χ0n) is 14.0. The molecule has 5 rings (SSSR count). The van der Waals surface area contributed by atoms with Crippen molar-refractivity contribution in [3.63, 3.8) is 0 Å². The van der Waals surface area contributed by atoms with E-state index in [1.807, 2.05) is 18.7 Å². The van der Waals surface area contributed by atoms with Gasteiger partial charge in [0.2, 0.25) is 5.79 Å². The zero-order valence-corrected chi connectivity index (χ0v) is 14.9. The van der Waals surface area contributed by atoms with Gasteiger partial charge in [-0.1, -0.05) is 20.8 Å². The molecule has 4 saturated heterocycles. The van der Waals surface area contributed by atoms with E-state index in [2.05, 4.69) is 20.8 Å². The maximum atomic E-state index is 6.43. The smallest absolute Gasteiger partial charge is 0.201 e. The van der Waals surface area contributed by atoms with Crippen molar-refractivity contribution in [3.8, 4) is 0 Å². The van der Waals surface area contributed by atoms with Crippen molar-refractivity contribution in [2.24, 2.45) is 23.7 Å². The van der Waals surface area contributed by atoms with E-state index < -0.39 is 11.4 Å². The molecular formula is C17H28O4S. The van der Waals surface area contributed by atoms with Gasteiger partial charge in [-0.15, -0.1) is 11.8 Å². The van der Waals surface area contributed by atoms with Crippen molar-refractivity contribution in [1.29, 1.82) is 0 Å². The third kappa shape index (κ3) is 2.05. The van der Waals surface area contributed by atoms with Gasteiger partial charge in [-0.2, -0.15) is 0 Å². The van der Waals surface area contributed by atoms with Crippen LogP contribution in [0.25, 0.3) is 0 Å². The summed E-state index contributed by atoms with van der Waals surface area (Å²) in [6.07, 6.45) is 4.16. The minimum atomic E-state index is -0.653. The number of thioether (sulfide) groups is 1. The number of hydrogen-bond donors (Lipinski definition) is 0. The van der Waals surface area contributed by atoms with E-state index in [0.717, 1.165) is 18.6 Å². The molecule has 0 radical (unpaired) electrons. The van der Waals surface area contributed by atoms with Gasteiger partial charge in [0.1, 0.15) is 5.44 Å². The van der Waals surface area contributed by atoms with Crippen LogP contribution in [0.1, 0.15) is 53.4 Å². The molecule has 1 aliphatic carbocycles. The van der Waals surface area contributed by atoms with Crippen LogP contribution in [0.2, 0.25) is 0 Å². The standard InChI is InChI=1S/C17H28O4S/c1-5-22-14-11(3)13-7-6-10(2)12-8-9-16(4)19-15(18-14)17(12,13)21-20-16/h10-15H,5-9H2,1-4H3/t10-,11-,12?,13?,14-,15-,16-,17-/m1/s1. The van der Waals surface area contributed by atoms with Crippen molar-refractivity contribution in [1.82, 2.24) is 0 Å². The lowest BCUT2D eigenvalue weighted by Crippen LogP contribution is -2.70. The highest BCUT2D eigenvalue weighted by Gasteiger charge is 2.69. The molecule has 0 N–H and O–H groups in total. The first-order chi connectivity index (χ1) is 10.5. The molecule has 8 atom stereocenters. The lowest BCUT2D eigenvalue weighted by atomic mass is 9.58. The second kappa shape index (κ2) is 5.35. The van der Waals surface area contributed by atoms with Crippen LogP contribution in [-0.2, 0) is 19.2 Å². The van der Waals surface area contributed by atoms with E-state index in [9.17, 15) is 0 Å². The Morgan fingerprint density at radius 2 is 1.91 bits per heavy atom. The Balaban J connectivity index is 1.75. The molecule has 2 unspecified atom stereocenters. The SMILES string of the molecule is CCS[C@H]1O[C@@H]2O[C@@]3(C)CCC4[C@H](C)CCC([C@H]1C)[C@]42OO3. The summed E-state index contributed by atoms with van der Waals surface area (Å²) in [4.78, 5) is 11.9. The molecule has 4 heterocycles. The van der Waals surface area contributed by atoms with Gasteiger partial charge >= 0.3 is 0 Å². The van der Waals surface area contributed by atoms with E-state index in [0.29, 0.717) is 23.7 Å². The Bertz CT molecular complexity index is 446. The van der Waals surface area contributed by atoms with Crippen LogP contribution < -0.4 is 0 Å². The molecule has 5 heteroatoms. The van der Waals surface area contributed by atoms with Crippen LogP contribution in [0.15, 0.2) is 0 Å². The third-order valence-corrected chi connectivity index (χ3v) is 7.63. The van der Waals surface area contributed by atoms with Crippen LogP contribution >= 0.6 is 11.8 Å². The number of hydrogen-bond acceptors (Lipinski definition) is 5. The molecule has 5 fully saturated rings. The molecule has 0 aromatic rings. The van der Waals surface area contributed by atoms with Gasteiger partial charge in [-0.3, -0.25) is 0 Å². The fraction of sp³-hybridized carbons (Fsp3) is 1.00. The molecule has 5 aliphatic rings. The Labute approximate surface area is 137 Å². The summed E-state index contributed by atoms with van der Waals surface area (Å²) in [6.45, 7) is 8.85. The van der Waals surface area contributed by atoms with Crippen molar-refractivity contribution in [2.75, 3.05) is 5.75 Å². The highest BCUT2D eigenvalue weighted by Crippen LogP contribution is 2.61. The summed E-state index contributed by atoms with van der Waals surface area (Å²) in [5.41, 5.74) is -0.205. The van der Waals surface area contributed by atoms with E-state index >= 15 is 0 Å². The predicted octanol–water partition coefficient (Wildman–Crippen LogP) is 3.95. The quantitative estimate of drug-likeness (QED) is 0.718. The first-order valence-corrected chi connectivity index (χ1v) is 9.87. The van der Waals surface area contributed by atoms with Crippen LogP contribution in [-0.4, -0.2) is 28.9 Å². The lowest BCUT2D eigenvalue weighted by molar-refractivity contribution is -0.568. The predicted molar refractivity (Wildman–Crippen MR) is 85.0 cm³/mol. The summed E-state index contributed by atoms with van der Waals surface area (Å²) in [5, 5.41) is 0. The second-order valence-corrected chi connectivity index (χ2v) is 9.10. The van der Waals surface area contributed by atoms with E-state index in [-0.39, 0.29) is 11.7 Å². The monoisotopic (exact) mass is 328 g/mol. The molecule has 0 amide bonds. The Morgan fingerprint density at radius 1 is 1.09 bits per heavy atom. The van der Waals surface area contributed by atoms with Crippen molar-refractivity contribution in [2.45, 2.75) is 76.5 Å². The van der Waals surface area contributed by atoms with Gasteiger partial charge in [-0.05, 0) is 49.7 Å². The molecule has 0 aromatic heterocycles. The molecule has 2 bridgehead atoms. The summed E-state index contributed by atoms with van der Waals surface area (Å²) in [6, 6.07) is 0. The van der Waals surface area contributed by atoms with Gasteiger partial charge in [0.25, 0.3) is 0 Å². The Kier molecular flexibility index (Phi) is 3.82. The van der Waals surface area contributed by atoms with Crippen LogP contribution in [0.3, 0.4) is 0 Å². The first kappa shape index (κ1) is 15.7. The van der Waals surface area contributed by atoms with Gasteiger partial charge < -0.3 is 9.47 Å². The fourth-order valence-corrected chi connectivity index (χ4v) is 6.23. The summed E-state index contributed by atoms with van der Waals surface area (Å²) in [5.74, 6) is 2.44. The molecule has 1 saturated carbocycles. The average molecular weight is 328 g/mol. The minimum Gasteiger partial charge on any atom is -0.335 e. The number of rotatable bonds is 2. The van der Waals surface area contributed by atoms with Gasteiger partial charge in [0, 0.05) is 12.3 Å². The minimum absolute atomic E-state index is 0.200. The van der Waals surface area contributed by atoms with Crippen molar-refractivity contribution < 1.29 is 19.2 Å². The Morgan fingerprint density at radius 3 is 2.68 bits per heavy atom. The molecule has 4 aliphatic heterocycles.